The minimum Gasteiger partial charge on any atom is -0.478 e. The first-order chi connectivity index (χ1) is 16.6. The molecule has 5 N–H and O–H groups in total. The number of nitrogens with one attached hydrogen (secondary N) is 4. The molecule has 1 heterocycles. The van der Waals surface area contributed by atoms with Crippen molar-refractivity contribution in [3.8, 4) is 0 Å². The van der Waals surface area contributed by atoms with Crippen molar-refractivity contribution in [1.82, 2.24) is 21.3 Å². The van der Waals surface area contributed by atoms with Gasteiger partial charge in [0.1, 0.15) is 18.5 Å². The van der Waals surface area contributed by atoms with Crippen molar-refractivity contribution >= 4 is 23.9 Å². The molecule has 2 aromatic carbocycles. The lowest BCUT2D eigenvalue weighted by molar-refractivity contribution is -0.124. The fraction of sp³-hybridized carbons (Fsp3) is 0.280. The van der Waals surface area contributed by atoms with E-state index in [2.05, 4.69) is 21.3 Å². The van der Waals surface area contributed by atoms with Crippen LogP contribution in [0.1, 0.15) is 54.3 Å². The molecule has 0 aliphatic carbocycles. The Morgan fingerprint density at radius 2 is 1.74 bits per heavy atom. The third kappa shape index (κ3) is 7.60. The van der Waals surface area contributed by atoms with E-state index in [0.717, 1.165) is 5.56 Å². The zero-order valence-corrected chi connectivity index (χ0v) is 19.5. The quantitative estimate of drug-likeness (QED) is 0.371. The summed E-state index contributed by atoms with van der Waals surface area (Å²) in [5, 5.41) is 20.0. The molecule has 1 aliphatic rings. The number of alkyl carbamates (subject to hydrolysis) is 1. The summed E-state index contributed by atoms with van der Waals surface area (Å²) in [5.41, 5.74) is 1.02. The Hall–Kier alpha value is -4.34. The third-order valence-electron chi connectivity index (χ3n) is 5.31. The molecular weight excluding hydrogens is 452 g/mol. The van der Waals surface area contributed by atoms with Crippen LogP contribution in [0.25, 0.3) is 0 Å². The Bertz CT molecular complexity index is 1110. The average molecular weight is 481 g/mol. The Morgan fingerprint density at radius 3 is 2.37 bits per heavy atom. The van der Waals surface area contributed by atoms with Crippen LogP contribution in [0.2, 0.25) is 0 Å². The van der Waals surface area contributed by atoms with E-state index in [9.17, 15) is 19.2 Å². The van der Waals surface area contributed by atoms with E-state index in [1.807, 2.05) is 30.3 Å². The fourth-order valence-corrected chi connectivity index (χ4v) is 3.31. The van der Waals surface area contributed by atoms with E-state index >= 15 is 0 Å². The number of rotatable bonds is 9. The van der Waals surface area contributed by atoms with Crippen molar-refractivity contribution < 1.29 is 29.0 Å². The number of amides is 3. The van der Waals surface area contributed by atoms with Gasteiger partial charge in [0.25, 0.3) is 5.91 Å². The third-order valence-corrected chi connectivity index (χ3v) is 5.31. The van der Waals surface area contributed by atoms with Crippen LogP contribution >= 0.6 is 0 Å². The number of carboxylic acid groups (broad SMARTS) is 1. The second-order valence-electron chi connectivity index (χ2n) is 8.68. The molecule has 35 heavy (non-hydrogen) atoms. The molecule has 10 nitrogen and oxygen atoms in total. The van der Waals surface area contributed by atoms with E-state index < -0.39 is 29.7 Å². The minimum atomic E-state index is -1.04. The Labute approximate surface area is 202 Å². The molecular formula is C25H28N4O6. The summed E-state index contributed by atoms with van der Waals surface area (Å²) in [7, 11) is 0. The molecule has 3 rings (SSSR count). The molecule has 0 saturated carbocycles. The topological polar surface area (TPSA) is 146 Å². The first kappa shape index (κ1) is 25.3. The van der Waals surface area contributed by atoms with Crippen LogP contribution in [0.4, 0.5) is 4.79 Å². The van der Waals surface area contributed by atoms with Crippen molar-refractivity contribution in [3.05, 3.63) is 83.2 Å². The van der Waals surface area contributed by atoms with Gasteiger partial charge < -0.3 is 31.1 Å². The molecule has 0 bridgehead atoms. The Morgan fingerprint density at radius 1 is 1.06 bits per heavy atom. The highest BCUT2D eigenvalue weighted by molar-refractivity contribution is 5.98. The van der Waals surface area contributed by atoms with Crippen molar-refractivity contribution in [2.75, 3.05) is 0 Å². The summed E-state index contributed by atoms with van der Waals surface area (Å²) in [4.78, 5) is 47.9. The highest BCUT2D eigenvalue weighted by Gasteiger charge is 2.25. The molecule has 0 radical (unpaired) electrons. The van der Waals surface area contributed by atoms with Gasteiger partial charge in [-0.1, -0.05) is 42.5 Å². The number of hydrogen-bond donors (Lipinski definition) is 5. The van der Waals surface area contributed by atoms with Crippen LogP contribution in [0.5, 0.6) is 0 Å². The molecule has 0 aromatic heterocycles. The van der Waals surface area contributed by atoms with E-state index in [1.165, 1.54) is 18.3 Å². The van der Waals surface area contributed by atoms with Gasteiger partial charge in [-0.05, 0) is 43.5 Å². The number of carbonyl (C=O) groups excluding carboxylic acids is 3. The van der Waals surface area contributed by atoms with Gasteiger partial charge in [0.2, 0.25) is 5.91 Å². The van der Waals surface area contributed by atoms with Crippen LogP contribution in [-0.4, -0.2) is 34.5 Å². The zero-order chi connectivity index (χ0) is 25.4. The van der Waals surface area contributed by atoms with Gasteiger partial charge in [0.05, 0.1) is 5.56 Å². The maximum atomic E-state index is 12.4. The van der Waals surface area contributed by atoms with Crippen molar-refractivity contribution in [2.24, 2.45) is 0 Å². The highest BCUT2D eigenvalue weighted by Crippen LogP contribution is 2.16. The van der Waals surface area contributed by atoms with Gasteiger partial charge in [0, 0.05) is 18.2 Å². The number of benzene rings is 2. The second kappa shape index (κ2) is 11.2. The number of carbonyl (C=O) groups is 4. The summed E-state index contributed by atoms with van der Waals surface area (Å²) in [6, 6.07) is 15.4. The largest absolute Gasteiger partial charge is 0.478 e. The second-order valence-corrected chi connectivity index (χ2v) is 8.68. The number of carboxylic acids is 1. The molecule has 1 unspecified atom stereocenters. The monoisotopic (exact) mass is 480 g/mol. The van der Waals surface area contributed by atoms with Crippen molar-refractivity contribution in [3.63, 3.8) is 0 Å². The van der Waals surface area contributed by atoms with Crippen molar-refractivity contribution in [1.29, 1.82) is 0 Å². The highest BCUT2D eigenvalue weighted by atomic mass is 16.5. The van der Waals surface area contributed by atoms with E-state index in [0.29, 0.717) is 12.0 Å². The molecule has 3 amide bonds. The van der Waals surface area contributed by atoms with Crippen LogP contribution in [-0.2, 0) is 20.9 Å². The predicted octanol–water partition coefficient (Wildman–Crippen LogP) is 2.55. The molecule has 0 spiro atoms. The minimum absolute atomic E-state index is 0.0569. The average Bonchev–Trinajstić information content (AvgIpc) is 2.83. The first-order valence-electron chi connectivity index (χ1n) is 11.0. The van der Waals surface area contributed by atoms with Gasteiger partial charge in [-0.2, -0.15) is 0 Å². The lowest BCUT2D eigenvalue weighted by Crippen LogP contribution is -2.47. The summed E-state index contributed by atoms with van der Waals surface area (Å²) in [6.45, 7) is 3.70. The van der Waals surface area contributed by atoms with Gasteiger partial charge in [0.15, 0.2) is 0 Å². The van der Waals surface area contributed by atoms with Crippen LogP contribution in [0.3, 0.4) is 0 Å². The van der Waals surface area contributed by atoms with Gasteiger partial charge in [-0.25, -0.2) is 9.59 Å². The predicted molar refractivity (Wildman–Crippen MR) is 127 cm³/mol. The maximum absolute atomic E-state index is 12.4. The Balaban J connectivity index is 1.44. The molecule has 0 fully saturated rings. The summed E-state index contributed by atoms with van der Waals surface area (Å²) >= 11 is 0. The lowest BCUT2D eigenvalue weighted by atomic mass is 9.98. The number of ether oxygens (including phenoxy) is 1. The Kier molecular flexibility index (Phi) is 8.08. The first-order valence-corrected chi connectivity index (χ1v) is 11.0. The van der Waals surface area contributed by atoms with Crippen molar-refractivity contribution in [2.45, 2.75) is 45.0 Å². The molecule has 184 valence electrons. The maximum Gasteiger partial charge on any atom is 0.407 e. The van der Waals surface area contributed by atoms with E-state index in [1.54, 1.807) is 26.0 Å². The van der Waals surface area contributed by atoms with E-state index in [-0.39, 0.29) is 30.2 Å². The van der Waals surface area contributed by atoms with Crippen LogP contribution in [0.15, 0.2) is 66.5 Å². The zero-order valence-electron chi connectivity index (χ0n) is 19.5. The molecule has 10 heteroatoms. The standard InChI is InChI=1S/C25H28N4O6/c1-25(2,29-24(34)35-15-16-6-4-3-5-7-16)13-12-20(30)27-19-14-26-21(28-22(19)31)17-8-10-18(11-9-17)23(32)33/h3-11,14,21,26H,12-13,15H2,1-2H3,(H,27,30)(H,28,31)(H,29,34)(H,32,33). The number of aromatic carboxylic acids is 1. The molecule has 0 saturated heterocycles. The van der Waals surface area contributed by atoms with Gasteiger partial charge in [-0.15, -0.1) is 0 Å². The summed E-state index contributed by atoms with van der Waals surface area (Å²) < 4.78 is 5.22. The summed E-state index contributed by atoms with van der Waals surface area (Å²) in [5.74, 6) is -1.90. The number of hydrogen-bond acceptors (Lipinski definition) is 6. The van der Waals surface area contributed by atoms with Crippen LogP contribution < -0.4 is 21.3 Å². The SMILES string of the molecule is CC(C)(CCC(=O)NC1=CNC(c2ccc(C(=O)O)cc2)NC1=O)NC(=O)OCc1ccccc1. The lowest BCUT2D eigenvalue weighted by Gasteiger charge is -2.27. The molecule has 1 aliphatic heterocycles. The smallest absolute Gasteiger partial charge is 0.407 e. The van der Waals surface area contributed by atoms with E-state index in [4.69, 9.17) is 9.84 Å². The molecule has 1 atom stereocenters. The summed E-state index contributed by atoms with van der Waals surface area (Å²) in [6.07, 6.45) is 0.643. The van der Waals surface area contributed by atoms with Gasteiger partial charge in [-0.3, -0.25) is 9.59 Å². The normalized spacial score (nSPS) is 15.2. The molecule has 2 aromatic rings. The van der Waals surface area contributed by atoms with Gasteiger partial charge >= 0.3 is 12.1 Å². The fourth-order valence-electron chi connectivity index (χ4n) is 3.31. The van der Waals surface area contributed by atoms with Crippen LogP contribution in [0, 0.1) is 0 Å².